The van der Waals surface area contributed by atoms with Crippen LogP contribution in [0.3, 0.4) is 0 Å². The summed E-state index contributed by atoms with van der Waals surface area (Å²) in [6.07, 6.45) is 0. The molecule has 12 heavy (non-hydrogen) atoms. The van der Waals surface area contributed by atoms with Gasteiger partial charge in [0, 0.05) is 23.5 Å². The molecule has 0 heterocycles. The third-order valence-electron chi connectivity index (χ3n) is 1.18. The van der Waals surface area contributed by atoms with E-state index in [1.807, 2.05) is 0 Å². The first-order valence-corrected chi connectivity index (χ1v) is 4.49. The molecule has 0 N–H and O–H groups in total. The highest BCUT2D eigenvalue weighted by Crippen LogP contribution is 2.15. The molecule has 0 spiro atoms. The van der Waals surface area contributed by atoms with Crippen LogP contribution >= 0.6 is 15.9 Å². The number of rotatable bonds is 3. The summed E-state index contributed by atoms with van der Waals surface area (Å²) in [5.74, 6) is -1.04. The fraction of sp³-hybridized carbons (Fsp3) is 0.250. The topological polar surface area (TPSA) is 9.23 Å². The van der Waals surface area contributed by atoms with E-state index in [1.54, 1.807) is 0 Å². The Hall–Kier alpha value is -0.640. The van der Waals surface area contributed by atoms with Crippen LogP contribution in [0.25, 0.3) is 0 Å². The predicted molar refractivity (Wildman–Crippen MR) is 45.6 cm³/mol. The third-order valence-corrected chi connectivity index (χ3v) is 1.51. The minimum Gasteiger partial charge on any atom is -0.493 e. The van der Waals surface area contributed by atoms with Gasteiger partial charge in [0.2, 0.25) is 0 Å². The van der Waals surface area contributed by atoms with Crippen molar-refractivity contribution in [1.29, 1.82) is 0 Å². The van der Waals surface area contributed by atoms with Crippen molar-refractivity contribution < 1.29 is 13.5 Å². The highest BCUT2D eigenvalue weighted by molar-refractivity contribution is 9.09. The predicted octanol–water partition coefficient (Wildman–Crippen LogP) is 2.74. The van der Waals surface area contributed by atoms with Gasteiger partial charge in [-0.15, -0.1) is 0 Å². The van der Waals surface area contributed by atoms with Gasteiger partial charge in [-0.25, -0.2) is 8.78 Å². The van der Waals surface area contributed by atoms with E-state index < -0.39 is 11.6 Å². The van der Waals surface area contributed by atoms with E-state index in [2.05, 4.69) is 15.9 Å². The van der Waals surface area contributed by atoms with Crippen LogP contribution in [-0.2, 0) is 0 Å². The lowest BCUT2D eigenvalue weighted by molar-refractivity contribution is 0.340. The molecule has 66 valence electrons. The molecule has 0 fully saturated rings. The van der Waals surface area contributed by atoms with Gasteiger partial charge in [-0.05, 0) is 0 Å². The first-order valence-electron chi connectivity index (χ1n) is 3.37. The van der Waals surface area contributed by atoms with Crippen molar-refractivity contribution in [3.05, 3.63) is 29.8 Å². The zero-order valence-corrected chi connectivity index (χ0v) is 7.77. The number of benzene rings is 1. The van der Waals surface area contributed by atoms with Crippen LogP contribution in [0.5, 0.6) is 5.75 Å². The summed E-state index contributed by atoms with van der Waals surface area (Å²) < 4.78 is 30.0. The Morgan fingerprint density at radius 1 is 1.17 bits per heavy atom. The van der Waals surface area contributed by atoms with E-state index in [9.17, 15) is 8.78 Å². The molecular weight excluding hydrogens is 230 g/mol. The smallest absolute Gasteiger partial charge is 0.129 e. The van der Waals surface area contributed by atoms with Gasteiger partial charge >= 0.3 is 0 Å². The maximum absolute atomic E-state index is 12.5. The maximum Gasteiger partial charge on any atom is 0.129 e. The molecule has 0 aromatic heterocycles. The fourth-order valence-electron chi connectivity index (χ4n) is 0.768. The Balaban J connectivity index is 2.72. The summed E-state index contributed by atoms with van der Waals surface area (Å²) in [4.78, 5) is 0. The Bertz CT molecular complexity index is 245. The van der Waals surface area contributed by atoms with Crippen molar-refractivity contribution in [2.45, 2.75) is 0 Å². The number of hydrogen-bond donors (Lipinski definition) is 0. The van der Waals surface area contributed by atoms with Gasteiger partial charge < -0.3 is 4.74 Å². The molecule has 0 radical (unpaired) electrons. The van der Waals surface area contributed by atoms with Crippen molar-refractivity contribution >= 4 is 15.9 Å². The molecule has 1 nitrogen and oxygen atoms in total. The standard InChI is InChI=1S/C8H7BrF2O/c9-1-2-12-8-4-6(10)3-7(11)5-8/h3-5H,1-2H2. The zero-order chi connectivity index (χ0) is 8.97. The Kier molecular flexibility index (Phi) is 3.47. The zero-order valence-electron chi connectivity index (χ0n) is 6.19. The number of hydrogen-bond acceptors (Lipinski definition) is 1. The van der Waals surface area contributed by atoms with Crippen LogP contribution in [0.4, 0.5) is 8.78 Å². The maximum atomic E-state index is 12.5. The van der Waals surface area contributed by atoms with Gasteiger partial charge in [0.15, 0.2) is 0 Å². The van der Waals surface area contributed by atoms with Crippen molar-refractivity contribution in [3.8, 4) is 5.75 Å². The molecule has 1 rings (SSSR count). The quantitative estimate of drug-likeness (QED) is 0.734. The monoisotopic (exact) mass is 236 g/mol. The van der Waals surface area contributed by atoms with Gasteiger partial charge in [0.05, 0.1) is 6.61 Å². The molecule has 0 aliphatic carbocycles. The molecule has 1 aromatic carbocycles. The van der Waals surface area contributed by atoms with E-state index in [-0.39, 0.29) is 5.75 Å². The van der Waals surface area contributed by atoms with E-state index >= 15 is 0 Å². The SMILES string of the molecule is Fc1cc(F)cc(OCCBr)c1. The normalized spacial score (nSPS) is 9.92. The highest BCUT2D eigenvalue weighted by Gasteiger charge is 2.00. The molecular formula is C8H7BrF2O. The van der Waals surface area contributed by atoms with E-state index in [0.29, 0.717) is 11.9 Å². The van der Waals surface area contributed by atoms with Gasteiger partial charge in [0.1, 0.15) is 17.4 Å². The second-order valence-corrected chi connectivity index (χ2v) is 2.94. The van der Waals surface area contributed by atoms with E-state index in [1.165, 1.54) is 0 Å². The third kappa shape index (κ3) is 2.77. The lowest BCUT2D eigenvalue weighted by Gasteiger charge is -2.03. The minimum absolute atomic E-state index is 0.215. The Labute approximate surface area is 77.5 Å². The van der Waals surface area contributed by atoms with Crippen molar-refractivity contribution in [2.75, 3.05) is 11.9 Å². The van der Waals surface area contributed by atoms with Crippen LogP contribution in [-0.4, -0.2) is 11.9 Å². The molecule has 0 aliphatic rings. The lowest BCUT2D eigenvalue weighted by Crippen LogP contribution is -1.98. The number of alkyl halides is 1. The van der Waals surface area contributed by atoms with Crippen LogP contribution in [0.15, 0.2) is 18.2 Å². The van der Waals surface area contributed by atoms with E-state index in [4.69, 9.17) is 4.74 Å². The van der Waals surface area contributed by atoms with Gasteiger partial charge in [-0.1, -0.05) is 15.9 Å². The molecule has 0 aliphatic heterocycles. The molecule has 0 saturated carbocycles. The molecule has 0 bridgehead atoms. The highest BCUT2D eigenvalue weighted by atomic mass is 79.9. The Morgan fingerprint density at radius 2 is 1.75 bits per heavy atom. The summed E-state index contributed by atoms with van der Waals surface area (Å²) in [7, 11) is 0. The van der Waals surface area contributed by atoms with Gasteiger partial charge in [-0.3, -0.25) is 0 Å². The molecule has 0 amide bonds. The van der Waals surface area contributed by atoms with Crippen molar-refractivity contribution in [2.24, 2.45) is 0 Å². The van der Waals surface area contributed by atoms with Crippen LogP contribution in [0.1, 0.15) is 0 Å². The number of halogens is 3. The first-order chi connectivity index (χ1) is 5.72. The lowest BCUT2D eigenvalue weighted by atomic mass is 10.3. The molecule has 4 heteroatoms. The molecule has 0 unspecified atom stereocenters. The van der Waals surface area contributed by atoms with Gasteiger partial charge in [0.25, 0.3) is 0 Å². The largest absolute Gasteiger partial charge is 0.493 e. The molecule has 1 aromatic rings. The van der Waals surface area contributed by atoms with Crippen molar-refractivity contribution in [1.82, 2.24) is 0 Å². The average molecular weight is 237 g/mol. The summed E-state index contributed by atoms with van der Waals surface area (Å²) in [5.41, 5.74) is 0. The molecule has 0 saturated heterocycles. The Morgan fingerprint density at radius 3 is 2.25 bits per heavy atom. The average Bonchev–Trinajstić information content (AvgIpc) is 1.99. The van der Waals surface area contributed by atoms with Crippen LogP contribution < -0.4 is 4.74 Å². The first kappa shape index (κ1) is 9.45. The van der Waals surface area contributed by atoms with Crippen LogP contribution in [0, 0.1) is 11.6 Å². The summed E-state index contributed by atoms with van der Waals surface area (Å²) in [6, 6.07) is 3.10. The van der Waals surface area contributed by atoms with E-state index in [0.717, 1.165) is 18.2 Å². The van der Waals surface area contributed by atoms with Crippen molar-refractivity contribution in [3.63, 3.8) is 0 Å². The molecule has 0 atom stereocenters. The number of ether oxygens (including phenoxy) is 1. The van der Waals surface area contributed by atoms with Crippen LogP contribution in [0.2, 0.25) is 0 Å². The summed E-state index contributed by atoms with van der Waals surface area (Å²) in [6.45, 7) is 0.392. The minimum atomic E-state index is -0.625. The summed E-state index contributed by atoms with van der Waals surface area (Å²) in [5, 5.41) is 0.630. The van der Waals surface area contributed by atoms with Gasteiger partial charge in [-0.2, -0.15) is 0 Å². The second-order valence-electron chi connectivity index (χ2n) is 2.14. The summed E-state index contributed by atoms with van der Waals surface area (Å²) >= 11 is 3.13. The fourth-order valence-corrected chi connectivity index (χ4v) is 0.930. The second kappa shape index (κ2) is 4.40.